The van der Waals surface area contributed by atoms with Crippen LogP contribution in [0.25, 0.3) is 0 Å². The molecule has 0 aromatic heterocycles. The number of rotatable bonds is 5. The Morgan fingerprint density at radius 3 is 2.43 bits per heavy atom. The van der Waals surface area contributed by atoms with Crippen LogP contribution in [-0.4, -0.2) is 33.1 Å². The van der Waals surface area contributed by atoms with E-state index < -0.39 is 20.2 Å². The Hall–Kier alpha value is -1.28. The first kappa shape index (κ1) is 16.1. The lowest BCUT2D eigenvalue weighted by Gasteiger charge is -2.12. The predicted octanol–water partition coefficient (Wildman–Crippen LogP) is 2.53. The number of halogens is 3. The van der Waals surface area contributed by atoms with Crippen molar-refractivity contribution in [3.8, 4) is 0 Å². The van der Waals surface area contributed by atoms with E-state index in [-0.39, 0.29) is 0 Å². The van der Waals surface area contributed by atoms with Crippen LogP contribution in [0.2, 0.25) is 0 Å². The van der Waals surface area contributed by atoms with Crippen molar-refractivity contribution in [1.82, 2.24) is 5.32 Å². The highest BCUT2D eigenvalue weighted by Crippen LogP contribution is 2.30. The third-order valence-electron chi connectivity index (χ3n) is 3.45. The number of alkyl halides is 3. The summed E-state index contributed by atoms with van der Waals surface area (Å²) < 4.78 is 59.6. The van der Waals surface area contributed by atoms with Crippen molar-refractivity contribution in [2.24, 2.45) is 0 Å². The van der Waals surface area contributed by atoms with E-state index in [0.29, 0.717) is 18.3 Å². The SMILES string of the molecule is O=S(=O)(c1ccc(NCCC2CCCN2)cc1)C(F)(F)F. The summed E-state index contributed by atoms with van der Waals surface area (Å²) >= 11 is 0. The highest BCUT2D eigenvalue weighted by molar-refractivity contribution is 7.92. The maximum absolute atomic E-state index is 12.4. The lowest BCUT2D eigenvalue weighted by atomic mass is 10.1. The molecule has 1 atom stereocenters. The lowest BCUT2D eigenvalue weighted by molar-refractivity contribution is -0.0436. The van der Waals surface area contributed by atoms with Gasteiger partial charge in [0, 0.05) is 18.3 Å². The molecule has 0 aliphatic carbocycles. The number of nitrogens with one attached hydrogen (secondary N) is 2. The van der Waals surface area contributed by atoms with Gasteiger partial charge in [-0.25, -0.2) is 8.42 Å². The van der Waals surface area contributed by atoms with Crippen molar-refractivity contribution in [3.05, 3.63) is 24.3 Å². The van der Waals surface area contributed by atoms with Crippen LogP contribution >= 0.6 is 0 Å². The summed E-state index contributed by atoms with van der Waals surface area (Å²) in [6.45, 7) is 1.71. The lowest BCUT2D eigenvalue weighted by Crippen LogP contribution is -2.24. The fourth-order valence-electron chi connectivity index (χ4n) is 2.28. The van der Waals surface area contributed by atoms with E-state index in [1.165, 1.54) is 12.1 Å². The molecule has 4 nitrogen and oxygen atoms in total. The minimum atomic E-state index is -5.27. The zero-order chi connectivity index (χ0) is 15.5. The molecule has 1 heterocycles. The maximum Gasteiger partial charge on any atom is 0.501 e. The summed E-state index contributed by atoms with van der Waals surface area (Å²) in [5, 5.41) is 6.42. The molecule has 1 aromatic rings. The summed E-state index contributed by atoms with van der Waals surface area (Å²) in [6, 6.07) is 5.11. The van der Waals surface area contributed by atoms with Crippen LogP contribution in [-0.2, 0) is 9.84 Å². The van der Waals surface area contributed by atoms with E-state index in [2.05, 4.69) is 10.6 Å². The van der Waals surface area contributed by atoms with Gasteiger partial charge in [-0.05, 0) is 50.1 Å². The molecule has 0 bridgehead atoms. The Morgan fingerprint density at radius 1 is 1.24 bits per heavy atom. The monoisotopic (exact) mass is 322 g/mol. The maximum atomic E-state index is 12.4. The Labute approximate surface area is 121 Å². The van der Waals surface area contributed by atoms with Gasteiger partial charge in [0.25, 0.3) is 9.84 Å². The summed E-state index contributed by atoms with van der Waals surface area (Å²) in [5.41, 5.74) is -4.66. The van der Waals surface area contributed by atoms with Gasteiger partial charge in [0.2, 0.25) is 0 Å². The predicted molar refractivity (Wildman–Crippen MR) is 73.8 cm³/mol. The van der Waals surface area contributed by atoms with Gasteiger partial charge in [0.15, 0.2) is 0 Å². The number of benzene rings is 1. The molecule has 0 spiro atoms. The van der Waals surface area contributed by atoms with Crippen LogP contribution in [0, 0.1) is 0 Å². The number of sulfone groups is 1. The number of hydrogen-bond acceptors (Lipinski definition) is 4. The molecule has 1 aliphatic heterocycles. The minimum absolute atomic E-state index is 0.474. The van der Waals surface area contributed by atoms with Crippen LogP contribution in [0.4, 0.5) is 18.9 Å². The number of hydrogen-bond donors (Lipinski definition) is 2. The van der Waals surface area contributed by atoms with E-state index in [4.69, 9.17) is 0 Å². The zero-order valence-electron chi connectivity index (χ0n) is 11.3. The average Bonchev–Trinajstić information content (AvgIpc) is 2.91. The van der Waals surface area contributed by atoms with Gasteiger partial charge < -0.3 is 10.6 Å². The van der Waals surface area contributed by atoms with Gasteiger partial charge in [-0.3, -0.25) is 0 Å². The second kappa shape index (κ2) is 6.23. The first-order chi connectivity index (χ1) is 9.80. The van der Waals surface area contributed by atoms with Gasteiger partial charge >= 0.3 is 5.51 Å². The largest absolute Gasteiger partial charge is 0.501 e. The van der Waals surface area contributed by atoms with Crippen molar-refractivity contribution >= 4 is 15.5 Å². The fourth-order valence-corrected chi connectivity index (χ4v) is 3.04. The molecule has 2 rings (SSSR count). The number of anilines is 1. The standard InChI is InChI=1S/C13H17F3N2O2S/c14-13(15,16)21(19,20)12-5-3-11(4-6-12)18-9-7-10-2-1-8-17-10/h3-6,10,17-18H,1-2,7-9H2. The van der Waals surface area contributed by atoms with Crippen molar-refractivity contribution in [3.63, 3.8) is 0 Å². The average molecular weight is 322 g/mol. The second-order valence-electron chi connectivity index (χ2n) is 4.98. The highest BCUT2D eigenvalue weighted by Gasteiger charge is 2.46. The summed E-state index contributed by atoms with van der Waals surface area (Å²) in [4.78, 5) is -0.738. The second-order valence-corrected chi connectivity index (χ2v) is 6.92. The van der Waals surface area contributed by atoms with E-state index >= 15 is 0 Å². The summed E-state index contributed by atoms with van der Waals surface area (Å²) in [5.74, 6) is 0. The van der Waals surface area contributed by atoms with Crippen molar-refractivity contribution in [2.45, 2.75) is 35.7 Å². The van der Waals surface area contributed by atoms with Crippen LogP contribution in [0.3, 0.4) is 0 Å². The molecule has 1 fully saturated rings. The molecule has 1 aliphatic rings. The smallest absolute Gasteiger partial charge is 0.385 e. The molecular formula is C13H17F3N2O2S. The van der Waals surface area contributed by atoms with Crippen LogP contribution in [0.5, 0.6) is 0 Å². The molecule has 118 valence electrons. The molecule has 0 amide bonds. The quantitative estimate of drug-likeness (QED) is 0.875. The first-order valence-electron chi connectivity index (χ1n) is 6.69. The van der Waals surface area contributed by atoms with E-state index in [9.17, 15) is 21.6 Å². The third-order valence-corrected chi connectivity index (χ3v) is 4.96. The van der Waals surface area contributed by atoms with Crippen molar-refractivity contribution in [2.75, 3.05) is 18.4 Å². The topological polar surface area (TPSA) is 58.2 Å². The first-order valence-corrected chi connectivity index (χ1v) is 8.18. The van der Waals surface area contributed by atoms with Gasteiger partial charge in [0.1, 0.15) is 0 Å². The minimum Gasteiger partial charge on any atom is -0.385 e. The summed E-state index contributed by atoms with van der Waals surface area (Å²) in [7, 11) is -5.26. The van der Waals surface area contributed by atoms with Crippen LogP contribution in [0.15, 0.2) is 29.2 Å². The van der Waals surface area contributed by atoms with Crippen LogP contribution < -0.4 is 10.6 Å². The van der Waals surface area contributed by atoms with Crippen molar-refractivity contribution in [1.29, 1.82) is 0 Å². The normalized spacial score (nSPS) is 19.7. The van der Waals surface area contributed by atoms with Gasteiger partial charge in [0.05, 0.1) is 4.90 Å². The van der Waals surface area contributed by atoms with E-state index in [1.807, 2.05) is 0 Å². The zero-order valence-corrected chi connectivity index (χ0v) is 12.1. The van der Waals surface area contributed by atoms with Crippen LogP contribution in [0.1, 0.15) is 19.3 Å². The molecule has 21 heavy (non-hydrogen) atoms. The summed E-state index contributed by atoms with van der Waals surface area (Å²) in [6.07, 6.45) is 3.21. The molecule has 0 radical (unpaired) electrons. The Morgan fingerprint density at radius 2 is 1.90 bits per heavy atom. The van der Waals surface area contributed by atoms with Crippen molar-refractivity contribution < 1.29 is 21.6 Å². The molecule has 2 N–H and O–H groups in total. The highest BCUT2D eigenvalue weighted by atomic mass is 32.2. The molecule has 1 unspecified atom stereocenters. The molecular weight excluding hydrogens is 305 g/mol. The van der Waals surface area contributed by atoms with Gasteiger partial charge in [-0.2, -0.15) is 13.2 Å². The molecule has 1 aromatic carbocycles. The Kier molecular flexibility index (Phi) is 4.77. The Balaban J connectivity index is 1.93. The molecule has 0 saturated carbocycles. The fraction of sp³-hybridized carbons (Fsp3) is 0.538. The molecule has 8 heteroatoms. The van der Waals surface area contributed by atoms with Gasteiger partial charge in [-0.1, -0.05) is 0 Å². The van der Waals surface area contributed by atoms with E-state index in [0.717, 1.165) is 37.9 Å². The third kappa shape index (κ3) is 3.88. The Bertz CT molecular complexity index is 564. The van der Waals surface area contributed by atoms with E-state index in [1.54, 1.807) is 0 Å². The van der Waals surface area contributed by atoms with Gasteiger partial charge in [-0.15, -0.1) is 0 Å². The molecule has 1 saturated heterocycles.